The van der Waals surface area contributed by atoms with Gasteiger partial charge in [-0.1, -0.05) is 13.8 Å². The highest BCUT2D eigenvalue weighted by atomic mass is 16.5. The first-order valence-corrected chi connectivity index (χ1v) is 8.00. The molecule has 0 spiro atoms. The van der Waals surface area contributed by atoms with Crippen LogP contribution in [0, 0.1) is 11.8 Å². The lowest BCUT2D eigenvalue weighted by atomic mass is 9.92. The fourth-order valence-corrected chi connectivity index (χ4v) is 2.95. The van der Waals surface area contributed by atoms with E-state index in [1.54, 1.807) is 0 Å². The third-order valence-electron chi connectivity index (χ3n) is 4.23. The maximum Gasteiger partial charge on any atom is 0.327 e. The molecule has 5 heteroatoms. The molecule has 0 aliphatic heterocycles. The Balaban J connectivity index is 2.81. The average molecular weight is 299 g/mol. The monoisotopic (exact) mass is 299 g/mol. The highest BCUT2D eigenvalue weighted by Crippen LogP contribution is 2.40. The molecule has 1 aliphatic rings. The zero-order chi connectivity index (χ0) is 16.0. The molecule has 0 aromatic carbocycles. The Labute approximate surface area is 130 Å². The van der Waals surface area contributed by atoms with Gasteiger partial charge in [-0.15, -0.1) is 0 Å². The van der Waals surface area contributed by atoms with Gasteiger partial charge in [0.05, 0.1) is 7.11 Å². The van der Waals surface area contributed by atoms with E-state index < -0.39 is 5.54 Å². The van der Waals surface area contributed by atoms with Crippen molar-refractivity contribution < 1.29 is 9.53 Å². The molecule has 1 N–H and O–H groups in total. The number of carbonyl (C=O) groups excluding carboxylic acids is 1. The Hall–Kier alpha value is -0.650. The maximum absolute atomic E-state index is 12.4. The number of hydrogen-bond acceptors (Lipinski definition) is 5. The van der Waals surface area contributed by atoms with E-state index in [9.17, 15) is 4.79 Å². The van der Waals surface area contributed by atoms with E-state index in [1.807, 2.05) is 7.05 Å². The van der Waals surface area contributed by atoms with E-state index in [0.29, 0.717) is 11.8 Å². The van der Waals surface area contributed by atoms with E-state index in [-0.39, 0.29) is 5.97 Å². The van der Waals surface area contributed by atoms with Crippen LogP contribution in [-0.4, -0.2) is 75.7 Å². The summed E-state index contributed by atoms with van der Waals surface area (Å²) in [6, 6.07) is 0. The van der Waals surface area contributed by atoms with E-state index in [0.717, 1.165) is 39.0 Å². The molecule has 0 aromatic rings. The van der Waals surface area contributed by atoms with Crippen molar-refractivity contribution in [2.45, 2.75) is 32.2 Å². The zero-order valence-electron chi connectivity index (χ0n) is 14.6. The molecule has 1 fully saturated rings. The average Bonchev–Trinajstić information content (AvgIpc) is 3.25. The second-order valence-electron chi connectivity index (χ2n) is 6.92. The number of likely N-dealkylation sites (N-methyl/N-ethyl adjacent to an activating group) is 2. The van der Waals surface area contributed by atoms with Crippen LogP contribution in [0.3, 0.4) is 0 Å². The minimum absolute atomic E-state index is 0.119. The number of nitrogens with zero attached hydrogens (tertiary/aromatic N) is 2. The lowest BCUT2D eigenvalue weighted by Gasteiger charge is -2.37. The van der Waals surface area contributed by atoms with Gasteiger partial charge in [0.15, 0.2) is 0 Å². The van der Waals surface area contributed by atoms with E-state index in [4.69, 9.17) is 4.74 Å². The third kappa shape index (κ3) is 5.24. The van der Waals surface area contributed by atoms with Crippen molar-refractivity contribution in [2.24, 2.45) is 11.8 Å². The number of nitrogens with one attached hydrogen (secondary N) is 1. The Morgan fingerprint density at radius 1 is 1.33 bits per heavy atom. The number of hydrogen-bond donors (Lipinski definition) is 1. The molecule has 1 aliphatic carbocycles. The maximum atomic E-state index is 12.4. The van der Waals surface area contributed by atoms with Crippen molar-refractivity contribution >= 4 is 5.97 Å². The SMILES string of the molecule is CNC(CN(CCN(C)C)CC(C)C)(C(=O)OC)C1CC1. The number of rotatable bonds is 10. The molecule has 0 heterocycles. The quantitative estimate of drug-likeness (QED) is 0.611. The smallest absolute Gasteiger partial charge is 0.327 e. The van der Waals surface area contributed by atoms with Crippen molar-refractivity contribution in [1.82, 2.24) is 15.1 Å². The van der Waals surface area contributed by atoms with Gasteiger partial charge in [-0.2, -0.15) is 0 Å². The molecule has 0 saturated heterocycles. The number of esters is 1. The number of methoxy groups -OCH3 is 1. The Morgan fingerprint density at radius 3 is 2.33 bits per heavy atom. The summed E-state index contributed by atoms with van der Waals surface area (Å²) in [6.07, 6.45) is 2.22. The van der Waals surface area contributed by atoms with Crippen LogP contribution in [0.5, 0.6) is 0 Å². The summed E-state index contributed by atoms with van der Waals surface area (Å²) in [5.74, 6) is 0.869. The second kappa shape index (κ2) is 8.11. The van der Waals surface area contributed by atoms with Gasteiger partial charge in [-0.3, -0.25) is 4.90 Å². The molecule has 0 aromatic heterocycles. The van der Waals surface area contributed by atoms with Gasteiger partial charge in [0.25, 0.3) is 0 Å². The van der Waals surface area contributed by atoms with Crippen LogP contribution in [0.15, 0.2) is 0 Å². The van der Waals surface area contributed by atoms with Crippen LogP contribution in [0.2, 0.25) is 0 Å². The van der Waals surface area contributed by atoms with Crippen LogP contribution >= 0.6 is 0 Å². The van der Waals surface area contributed by atoms with Crippen LogP contribution in [0.4, 0.5) is 0 Å². The first-order valence-electron chi connectivity index (χ1n) is 8.00. The summed E-state index contributed by atoms with van der Waals surface area (Å²) in [5, 5.41) is 3.29. The Kier molecular flexibility index (Phi) is 7.10. The normalized spacial score (nSPS) is 18.3. The van der Waals surface area contributed by atoms with Gasteiger partial charge in [0, 0.05) is 26.2 Å². The largest absolute Gasteiger partial charge is 0.468 e. The van der Waals surface area contributed by atoms with Crippen LogP contribution in [0.25, 0.3) is 0 Å². The lowest BCUT2D eigenvalue weighted by Crippen LogP contribution is -2.60. The predicted octanol–water partition coefficient (Wildman–Crippen LogP) is 1.05. The summed E-state index contributed by atoms with van der Waals surface area (Å²) in [6.45, 7) is 8.14. The van der Waals surface area contributed by atoms with Crippen LogP contribution in [-0.2, 0) is 9.53 Å². The van der Waals surface area contributed by atoms with E-state index in [2.05, 4.69) is 43.1 Å². The molecule has 1 saturated carbocycles. The highest BCUT2D eigenvalue weighted by molar-refractivity contribution is 5.82. The molecule has 21 heavy (non-hydrogen) atoms. The van der Waals surface area contributed by atoms with Crippen molar-refractivity contribution in [3.8, 4) is 0 Å². The fourth-order valence-electron chi connectivity index (χ4n) is 2.95. The molecular weight excluding hydrogens is 266 g/mol. The molecule has 0 amide bonds. The molecule has 5 nitrogen and oxygen atoms in total. The fraction of sp³-hybridized carbons (Fsp3) is 0.938. The molecule has 0 bridgehead atoms. The molecule has 0 radical (unpaired) electrons. The molecular formula is C16H33N3O2. The first kappa shape index (κ1) is 18.4. The van der Waals surface area contributed by atoms with Gasteiger partial charge in [-0.25, -0.2) is 4.79 Å². The van der Waals surface area contributed by atoms with E-state index >= 15 is 0 Å². The van der Waals surface area contributed by atoms with Crippen molar-refractivity contribution in [3.63, 3.8) is 0 Å². The van der Waals surface area contributed by atoms with Crippen LogP contribution in [0.1, 0.15) is 26.7 Å². The van der Waals surface area contributed by atoms with Gasteiger partial charge in [-0.05, 0) is 45.8 Å². The van der Waals surface area contributed by atoms with Crippen molar-refractivity contribution in [2.75, 3.05) is 54.4 Å². The predicted molar refractivity (Wildman–Crippen MR) is 86.4 cm³/mol. The molecule has 1 rings (SSSR count). The summed E-state index contributed by atoms with van der Waals surface area (Å²) >= 11 is 0. The number of ether oxygens (including phenoxy) is 1. The summed E-state index contributed by atoms with van der Waals surface area (Å²) in [5.41, 5.74) is -0.546. The Bertz CT molecular complexity index is 329. The van der Waals surface area contributed by atoms with Gasteiger partial charge >= 0.3 is 5.97 Å². The minimum atomic E-state index is -0.546. The topological polar surface area (TPSA) is 44.8 Å². The van der Waals surface area contributed by atoms with E-state index in [1.165, 1.54) is 7.11 Å². The Morgan fingerprint density at radius 2 is 1.95 bits per heavy atom. The van der Waals surface area contributed by atoms with Crippen molar-refractivity contribution in [1.29, 1.82) is 0 Å². The number of carbonyl (C=O) groups is 1. The standard InChI is InChI=1S/C16H33N3O2/c1-13(2)11-19(10-9-18(4)5)12-16(17-3,14-7-8-14)15(20)21-6/h13-14,17H,7-12H2,1-6H3. The van der Waals surface area contributed by atoms with Gasteiger partial charge in [0.2, 0.25) is 0 Å². The zero-order valence-corrected chi connectivity index (χ0v) is 14.6. The summed E-state index contributed by atoms with van der Waals surface area (Å²) in [7, 11) is 7.54. The summed E-state index contributed by atoms with van der Waals surface area (Å²) < 4.78 is 5.10. The second-order valence-corrected chi connectivity index (χ2v) is 6.92. The van der Waals surface area contributed by atoms with Crippen molar-refractivity contribution in [3.05, 3.63) is 0 Å². The molecule has 1 atom stereocenters. The molecule has 1 unspecified atom stereocenters. The first-order chi connectivity index (χ1) is 9.85. The molecule has 124 valence electrons. The highest BCUT2D eigenvalue weighted by Gasteiger charge is 2.51. The summed E-state index contributed by atoms with van der Waals surface area (Å²) in [4.78, 5) is 17.0. The third-order valence-corrected chi connectivity index (χ3v) is 4.23. The van der Waals surface area contributed by atoms with Gasteiger partial charge < -0.3 is 15.0 Å². The van der Waals surface area contributed by atoms with Gasteiger partial charge in [0.1, 0.15) is 5.54 Å². The minimum Gasteiger partial charge on any atom is -0.468 e. The van der Waals surface area contributed by atoms with Crippen LogP contribution < -0.4 is 5.32 Å². The lowest BCUT2D eigenvalue weighted by molar-refractivity contribution is -0.150.